The van der Waals surface area contributed by atoms with Crippen LogP contribution < -0.4 is 25.4 Å². The minimum atomic E-state index is -3.80. The highest BCUT2D eigenvalue weighted by Crippen LogP contribution is 2.41. The minimum absolute atomic E-state index is 0.0828. The van der Waals surface area contributed by atoms with Crippen molar-refractivity contribution in [1.29, 1.82) is 0 Å². The summed E-state index contributed by atoms with van der Waals surface area (Å²) in [6, 6.07) is 21.1. The Bertz CT molecular complexity index is 1770. The number of carbonyl (C=O) groups is 1. The fourth-order valence-electron chi connectivity index (χ4n) is 5.75. The predicted octanol–water partition coefficient (Wildman–Crippen LogP) is 6.65. The molecule has 46 heavy (non-hydrogen) atoms. The second kappa shape index (κ2) is 13.6. The highest BCUT2D eigenvalue weighted by atomic mass is 32.2. The Morgan fingerprint density at radius 3 is 2.17 bits per heavy atom. The third-order valence-electron chi connectivity index (χ3n) is 8.32. The Labute approximate surface area is 271 Å². The molecule has 1 aromatic heterocycles. The second-order valence-corrected chi connectivity index (χ2v) is 14.8. The third-order valence-corrected chi connectivity index (χ3v) is 10.6. The van der Waals surface area contributed by atoms with Crippen LogP contribution in [0.4, 0.5) is 16.3 Å². The summed E-state index contributed by atoms with van der Waals surface area (Å²) in [7, 11) is -0.803. The van der Waals surface area contributed by atoms with Crippen LogP contribution in [0, 0.1) is 12.8 Å². The maximum absolute atomic E-state index is 14.2. The largest absolute Gasteiger partial charge is 0.493 e. The fourth-order valence-corrected chi connectivity index (χ4v) is 7.86. The number of methoxy groups -OCH3 is 2. The van der Waals surface area contributed by atoms with Crippen molar-refractivity contribution in [2.75, 3.05) is 37.9 Å². The number of sulfone groups is 1. The summed E-state index contributed by atoms with van der Waals surface area (Å²) in [5, 5.41) is 13.2. The van der Waals surface area contributed by atoms with Gasteiger partial charge in [0.05, 0.1) is 35.7 Å². The number of aryl methyl sites for hydroxylation is 1. The van der Waals surface area contributed by atoms with Crippen molar-refractivity contribution in [3.8, 4) is 17.2 Å². The Morgan fingerprint density at radius 1 is 0.913 bits per heavy atom. The molecule has 0 radical (unpaired) electrons. The van der Waals surface area contributed by atoms with E-state index in [2.05, 4.69) is 36.7 Å². The van der Waals surface area contributed by atoms with Crippen LogP contribution in [0.2, 0.25) is 0 Å². The van der Waals surface area contributed by atoms with Gasteiger partial charge in [-0.3, -0.25) is 5.32 Å². The molecule has 1 fully saturated rings. The lowest BCUT2D eigenvalue weighted by molar-refractivity contribution is 0.262. The molecule has 2 heterocycles. The van der Waals surface area contributed by atoms with E-state index in [0.29, 0.717) is 28.6 Å². The van der Waals surface area contributed by atoms with E-state index in [1.807, 2.05) is 37.3 Å². The number of nitrogens with one attached hydrogen (secondary N) is 3. The van der Waals surface area contributed by atoms with Gasteiger partial charge in [0, 0.05) is 23.2 Å². The smallest absolute Gasteiger partial charge is 0.324 e. The monoisotopic (exact) mass is 645 g/mol. The Balaban J connectivity index is 1.39. The highest BCUT2D eigenvalue weighted by molar-refractivity contribution is 7.91. The van der Waals surface area contributed by atoms with E-state index < -0.39 is 21.1 Å². The number of hydrogen-bond donors (Lipinski definition) is 3. The summed E-state index contributed by atoms with van der Waals surface area (Å²) in [6.45, 7) is 9.73. The average molecular weight is 646 g/mol. The topological polar surface area (TPSA) is 124 Å². The lowest BCUT2D eigenvalue weighted by Gasteiger charge is -2.31. The number of piperidine rings is 1. The zero-order valence-electron chi connectivity index (χ0n) is 27.3. The molecule has 1 aliphatic heterocycles. The molecule has 3 aromatic carbocycles. The summed E-state index contributed by atoms with van der Waals surface area (Å²) in [5.74, 6) is 1.28. The Hall–Kier alpha value is -4.35. The van der Waals surface area contributed by atoms with Crippen LogP contribution in [0.15, 0.2) is 77.7 Å². The molecule has 1 saturated heterocycles. The molecule has 4 aromatic rings. The molecule has 1 unspecified atom stereocenters. The Morgan fingerprint density at radius 2 is 1.57 bits per heavy atom. The summed E-state index contributed by atoms with van der Waals surface area (Å²) >= 11 is 0. The number of hydrogen-bond acceptors (Lipinski definition) is 7. The van der Waals surface area contributed by atoms with Crippen LogP contribution in [0.1, 0.15) is 55.7 Å². The quantitative estimate of drug-likeness (QED) is 0.186. The lowest BCUT2D eigenvalue weighted by Crippen LogP contribution is -2.33. The van der Waals surface area contributed by atoms with Gasteiger partial charge in [-0.2, -0.15) is 5.10 Å². The van der Waals surface area contributed by atoms with Gasteiger partial charge in [0.25, 0.3) is 0 Å². The van der Waals surface area contributed by atoms with Crippen molar-refractivity contribution in [2.45, 2.75) is 56.1 Å². The fraction of sp³-hybridized carbons (Fsp3) is 0.371. The normalized spacial score (nSPS) is 14.8. The molecule has 244 valence electrons. The van der Waals surface area contributed by atoms with Gasteiger partial charge in [-0.25, -0.2) is 17.9 Å². The SMILES string of the molecule is COc1ccc(S(=O)(=O)C(c2ccc(NC(=O)Nc3cc(C(C)(C)C)nn3-c3ccc(C)cc3)cc2)C2CCNCC2)cc1OC. The number of urea groups is 1. The standard InChI is InChI=1S/C35H43N5O5S/c1-23-7-13-27(14-8-23)40-32(22-31(39-40)35(2,3)4)38-34(41)37-26-11-9-24(10-12-26)33(25-17-19-36-20-18-25)46(42,43)28-15-16-29(44-5)30(21-28)45-6/h7-16,21-22,25,33,36H,17-20H2,1-6H3,(H2,37,38,41). The van der Waals surface area contributed by atoms with E-state index in [4.69, 9.17) is 14.6 Å². The van der Waals surface area contributed by atoms with Gasteiger partial charge in [0.2, 0.25) is 0 Å². The van der Waals surface area contributed by atoms with Crippen LogP contribution in [0.3, 0.4) is 0 Å². The summed E-state index contributed by atoms with van der Waals surface area (Å²) in [4.78, 5) is 13.4. The van der Waals surface area contributed by atoms with E-state index in [-0.39, 0.29) is 16.2 Å². The van der Waals surface area contributed by atoms with Crippen LogP contribution in [-0.4, -0.2) is 51.5 Å². The van der Waals surface area contributed by atoms with E-state index in [0.717, 1.165) is 42.9 Å². The molecule has 0 bridgehead atoms. The molecule has 0 aliphatic carbocycles. The molecule has 2 amide bonds. The van der Waals surface area contributed by atoms with Crippen molar-refractivity contribution >= 4 is 27.4 Å². The van der Waals surface area contributed by atoms with Crippen LogP contribution in [0.25, 0.3) is 5.69 Å². The first kappa shape index (κ1) is 33.0. The minimum Gasteiger partial charge on any atom is -0.493 e. The number of rotatable bonds is 9. The second-order valence-electron chi connectivity index (χ2n) is 12.7. The summed E-state index contributed by atoms with van der Waals surface area (Å²) in [6.07, 6.45) is 1.45. The number of aromatic nitrogens is 2. The molecule has 0 spiro atoms. The van der Waals surface area contributed by atoms with Gasteiger partial charge in [-0.15, -0.1) is 0 Å². The van der Waals surface area contributed by atoms with E-state index in [9.17, 15) is 13.2 Å². The first-order chi connectivity index (χ1) is 21.9. The number of amides is 2. The lowest BCUT2D eigenvalue weighted by atomic mass is 9.90. The molecule has 10 nitrogen and oxygen atoms in total. The molecule has 5 rings (SSSR count). The first-order valence-corrected chi connectivity index (χ1v) is 17.0. The average Bonchev–Trinajstić information content (AvgIpc) is 3.46. The molecule has 0 saturated carbocycles. The third kappa shape index (κ3) is 7.21. The van der Waals surface area contributed by atoms with Crippen molar-refractivity contribution in [3.63, 3.8) is 0 Å². The van der Waals surface area contributed by atoms with Gasteiger partial charge in [0.1, 0.15) is 5.82 Å². The molecular weight excluding hydrogens is 602 g/mol. The van der Waals surface area contributed by atoms with Gasteiger partial charge in [-0.05, 0) is 80.7 Å². The summed E-state index contributed by atoms with van der Waals surface area (Å²) < 4.78 is 40.9. The molecular formula is C35H43N5O5S. The molecule has 1 atom stereocenters. The van der Waals surface area contributed by atoms with Gasteiger partial charge in [0.15, 0.2) is 21.3 Å². The van der Waals surface area contributed by atoms with E-state index in [1.165, 1.54) is 20.3 Å². The van der Waals surface area contributed by atoms with Crippen molar-refractivity contribution in [3.05, 3.63) is 89.6 Å². The zero-order valence-corrected chi connectivity index (χ0v) is 28.1. The summed E-state index contributed by atoms with van der Waals surface area (Å²) in [5.41, 5.74) is 3.78. The number of nitrogens with zero attached hydrogens (tertiary/aromatic N) is 2. The number of carbonyl (C=O) groups excluding carboxylic acids is 1. The predicted molar refractivity (Wildman–Crippen MR) is 181 cm³/mol. The van der Waals surface area contributed by atoms with Crippen molar-refractivity contribution in [1.82, 2.24) is 15.1 Å². The van der Waals surface area contributed by atoms with E-state index in [1.54, 1.807) is 41.1 Å². The maximum atomic E-state index is 14.2. The van der Waals surface area contributed by atoms with Gasteiger partial charge in [-0.1, -0.05) is 50.6 Å². The van der Waals surface area contributed by atoms with Crippen LogP contribution in [-0.2, 0) is 15.3 Å². The van der Waals surface area contributed by atoms with Crippen LogP contribution in [0.5, 0.6) is 11.5 Å². The maximum Gasteiger partial charge on any atom is 0.324 e. The van der Waals surface area contributed by atoms with Crippen molar-refractivity contribution in [2.24, 2.45) is 5.92 Å². The zero-order chi connectivity index (χ0) is 33.1. The number of ether oxygens (including phenoxy) is 2. The first-order valence-electron chi connectivity index (χ1n) is 15.4. The van der Waals surface area contributed by atoms with Crippen molar-refractivity contribution < 1.29 is 22.7 Å². The molecule has 11 heteroatoms. The van der Waals surface area contributed by atoms with Gasteiger partial charge < -0.3 is 20.1 Å². The van der Waals surface area contributed by atoms with Crippen LogP contribution >= 0.6 is 0 Å². The molecule has 3 N–H and O–H groups in total. The Kier molecular flexibility index (Phi) is 9.74. The van der Waals surface area contributed by atoms with E-state index >= 15 is 0 Å². The number of anilines is 2. The van der Waals surface area contributed by atoms with Gasteiger partial charge >= 0.3 is 6.03 Å². The highest BCUT2D eigenvalue weighted by Gasteiger charge is 2.37. The number of benzene rings is 3. The molecule has 1 aliphatic rings.